The van der Waals surface area contributed by atoms with Gasteiger partial charge in [-0.05, 0) is 56.6 Å². The summed E-state index contributed by atoms with van der Waals surface area (Å²) in [6, 6.07) is 6.12. The van der Waals surface area contributed by atoms with Gasteiger partial charge in [0, 0.05) is 32.0 Å². The molecule has 0 aliphatic carbocycles. The third kappa shape index (κ3) is 3.78. The van der Waals surface area contributed by atoms with Gasteiger partial charge in [0.15, 0.2) is 0 Å². The quantitative estimate of drug-likeness (QED) is 0.847. The molecule has 0 spiro atoms. The number of amides is 1. The van der Waals surface area contributed by atoms with Crippen LogP contribution in [0.1, 0.15) is 47.1 Å². The van der Waals surface area contributed by atoms with Crippen LogP contribution in [-0.4, -0.2) is 51.8 Å². The van der Waals surface area contributed by atoms with E-state index < -0.39 is 0 Å². The summed E-state index contributed by atoms with van der Waals surface area (Å²) >= 11 is 0. The maximum atomic E-state index is 12.7. The predicted octanol–water partition coefficient (Wildman–Crippen LogP) is 1.34. The lowest BCUT2D eigenvalue weighted by atomic mass is 10.1. The minimum Gasteiger partial charge on any atom is -0.349 e. The monoisotopic (exact) mass is 354 g/mol. The van der Waals surface area contributed by atoms with E-state index in [0.717, 1.165) is 50.4 Å². The Balaban J connectivity index is 1.44. The van der Waals surface area contributed by atoms with E-state index in [2.05, 4.69) is 31.7 Å². The van der Waals surface area contributed by atoms with Gasteiger partial charge in [-0.2, -0.15) is 5.10 Å². The van der Waals surface area contributed by atoms with Crippen molar-refractivity contribution in [2.24, 2.45) is 0 Å². The third-order valence-electron chi connectivity index (χ3n) is 5.23. The summed E-state index contributed by atoms with van der Waals surface area (Å²) in [5.74, 6) is -0.0985. The molecule has 2 aromatic rings. The normalized spacial score (nSPS) is 18.9. The fourth-order valence-corrected chi connectivity index (χ4v) is 3.84. The van der Waals surface area contributed by atoms with Gasteiger partial charge in [0.05, 0.1) is 11.7 Å². The van der Waals surface area contributed by atoms with Gasteiger partial charge in [0.2, 0.25) is 0 Å². The number of carbonyl (C=O) groups excluding carboxylic acids is 1. The third-order valence-corrected chi connectivity index (χ3v) is 5.23. The number of aromatic nitrogens is 3. The fourth-order valence-electron chi connectivity index (χ4n) is 3.84. The van der Waals surface area contributed by atoms with E-state index in [1.54, 1.807) is 6.20 Å². The maximum Gasteiger partial charge on any atom is 0.271 e. The van der Waals surface area contributed by atoms with E-state index in [4.69, 9.17) is 0 Å². The van der Waals surface area contributed by atoms with Gasteiger partial charge in [-0.3, -0.25) is 19.4 Å². The molecule has 4 rings (SSSR count). The number of pyridine rings is 1. The Labute approximate surface area is 153 Å². The molecule has 0 saturated carbocycles. The lowest BCUT2D eigenvalue weighted by Gasteiger charge is -2.27. The standard InChI is InChI=1S/C19H26N6O/c26-19(17-11-16-13-21-7-4-10-25(16)23-17)22-14-18(24-8-1-2-9-24)15-5-3-6-20-12-15/h3,5-6,11-12,18,21H,1-2,4,7-10,13-14H2,(H,22,26)/t18-/m0/s1. The molecular formula is C19H26N6O. The second-order valence-electron chi connectivity index (χ2n) is 7.03. The average molecular weight is 354 g/mol. The second-order valence-corrected chi connectivity index (χ2v) is 7.03. The summed E-state index contributed by atoms with van der Waals surface area (Å²) in [6.07, 6.45) is 7.15. The number of carbonyl (C=O) groups is 1. The number of rotatable bonds is 5. The van der Waals surface area contributed by atoms with Crippen LogP contribution in [0, 0.1) is 0 Å². The highest BCUT2D eigenvalue weighted by Crippen LogP contribution is 2.24. The van der Waals surface area contributed by atoms with Gasteiger partial charge < -0.3 is 10.6 Å². The fraction of sp³-hybridized carbons (Fsp3) is 0.526. The Kier molecular flexibility index (Phi) is 5.26. The van der Waals surface area contributed by atoms with E-state index in [9.17, 15) is 4.79 Å². The second kappa shape index (κ2) is 7.97. The minimum atomic E-state index is -0.0985. The predicted molar refractivity (Wildman–Crippen MR) is 98.7 cm³/mol. The molecular weight excluding hydrogens is 328 g/mol. The first-order valence-electron chi connectivity index (χ1n) is 9.51. The van der Waals surface area contributed by atoms with Crippen molar-refractivity contribution in [3.8, 4) is 0 Å². The molecule has 1 saturated heterocycles. The zero-order chi connectivity index (χ0) is 17.8. The number of aryl methyl sites for hydroxylation is 1. The lowest BCUT2D eigenvalue weighted by Crippen LogP contribution is -2.37. The zero-order valence-corrected chi connectivity index (χ0v) is 15.0. The SMILES string of the molecule is O=C(NC[C@@H](c1cccnc1)N1CCCC1)c1cc2n(n1)CCCNC2. The van der Waals surface area contributed by atoms with E-state index in [1.807, 2.05) is 23.0 Å². The van der Waals surface area contributed by atoms with Crippen molar-refractivity contribution in [2.45, 2.75) is 38.4 Å². The summed E-state index contributed by atoms with van der Waals surface area (Å²) in [5.41, 5.74) is 2.74. The van der Waals surface area contributed by atoms with Crippen LogP contribution in [0.5, 0.6) is 0 Å². The largest absolute Gasteiger partial charge is 0.349 e. The molecule has 0 radical (unpaired) electrons. The number of hydrogen-bond acceptors (Lipinski definition) is 5. The topological polar surface area (TPSA) is 75.1 Å². The van der Waals surface area contributed by atoms with Gasteiger partial charge >= 0.3 is 0 Å². The Hall–Kier alpha value is -2.25. The summed E-state index contributed by atoms with van der Waals surface area (Å²) in [7, 11) is 0. The van der Waals surface area contributed by atoms with E-state index in [1.165, 1.54) is 12.8 Å². The molecule has 2 aliphatic heterocycles. The smallest absolute Gasteiger partial charge is 0.271 e. The molecule has 1 atom stereocenters. The zero-order valence-electron chi connectivity index (χ0n) is 15.0. The highest BCUT2D eigenvalue weighted by atomic mass is 16.1. The number of fused-ring (bicyclic) bond motifs is 1. The number of hydrogen-bond donors (Lipinski definition) is 2. The van der Waals surface area contributed by atoms with Gasteiger partial charge in [0.1, 0.15) is 5.69 Å². The van der Waals surface area contributed by atoms with Crippen LogP contribution in [-0.2, 0) is 13.1 Å². The molecule has 138 valence electrons. The summed E-state index contributed by atoms with van der Waals surface area (Å²) in [5, 5.41) is 11.0. The molecule has 0 aromatic carbocycles. The van der Waals surface area contributed by atoms with Crippen LogP contribution >= 0.6 is 0 Å². The lowest BCUT2D eigenvalue weighted by molar-refractivity contribution is 0.0932. The van der Waals surface area contributed by atoms with Crippen molar-refractivity contribution < 1.29 is 4.79 Å². The summed E-state index contributed by atoms with van der Waals surface area (Å²) < 4.78 is 1.95. The van der Waals surface area contributed by atoms with Crippen molar-refractivity contribution in [3.05, 3.63) is 47.5 Å². The van der Waals surface area contributed by atoms with Crippen LogP contribution in [0.15, 0.2) is 30.6 Å². The molecule has 7 nitrogen and oxygen atoms in total. The summed E-state index contributed by atoms with van der Waals surface area (Å²) in [4.78, 5) is 19.3. The highest BCUT2D eigenvalue weighted by molar-refractivity contribution is 5.92. The Morgan fingerprint density at radius 3 is 2.96 bits per heavy atom. The van der Waals surface area contributed by atoms with Gasteiger partial charge in [-0.15, -0.1) is 0 Å². The molecule has 0 bridgehead atoms. The molecule has 1 amide bonds. The molecule has 2 aliphatic rings. The van der Waals surface area contributed by atoms with Gasteiger partial charge in [0.25, 0.3) is 5.91 Å². The molecule has 7 heteroatoms. The van der Waals surface area contributed by atoms with Crippen molar-refractivity contribution in [1.29, 1.82) is 0 Å². The van der Waals surface area contributed by atoms with E-state index in [-0.39, 0.29) is 11.9 Å². The molecule has 2 N–H and O–H groups in total. The van der Waals surface area contributed by atoms with Crippen LogP contribution in [0.2, 0.25) is 0 Å². The van der Waals surface area contributed by atoms with Gasteiger partial charge in [-0.25, -0.2) is 0 Å². The minimum absolute atomic E-state index is 0.0985. The first kappa shape index (κ1) is 17.2. The maximum absolute atomic E-state index is 12.7. The van der Waals surface area contributed by atoms with Crippen LogP contribution in [0.3, 0.4) is 0 Å². The molecule has 1 fully saturated rings. The highest BCUT2D eigenvalue weighted by Gasteiger charge is 2.25. The van der Waals surface area contributed by atoms with Crippen molar-refractivity contribution in [3.63, 3.8) is 0 Å². The average Bonchev–Trinajstić information content (AvgIpc) is 3.29. The number of nitrogens with zero attached hydrogens (tertiary/aromatic N) is 4. The number of likely N-dealkylation sites (tertiary alicyclic amines) is 1. The Bertz CT molecular complexity index is 714. The van der Waals surface area contributed by atoms with Crippen molar-refractivity contribution in [1.82, 2.24) is 30.3 Å². The molecule has 26 heavy (non-hydrogen) atoms. The Morgan fingerprint density at radius 1 is 1.27 bits per heavy atom. The first-order valence-corrected chi connectivity index (χ1v) is 9.51. The summed E-state index contributed by atoms with van der Waals surface area (Å²) in [6.45, 7) is 5.34. The van der Waals surface area contributed by atoms with Crippen LogP contribution < -0.4 is 10.6 Å². The van der Waals surface area contributed by atoms with E-state index in [0.29, 0.717) is 12.2 Å². The van der Waals surface area contributed by atoms with E-state index >= 15 is 0 Å². The van der Waals surface area contributed by atoms with Crippen molar-refractivity contribution in [2.75, 3.05) is 26.2 Å². The van der Waals surface area contributed by atoms with Gasteiger partial charge in [-0.1, -0.05) is 6.07 Å². The molecule has 0 unspecified atom stereocenters. The molecule has 2 aromatic heterocycles. The van der Waals surface area contributed by atoms with Crippen LogP contribution in [0.4, 0.5) is 0 Å². The molecule has 4 heterocycles. The van der Waals surface area contributed by atoms with Crippen LogP contribution in [0.25, 0.3) is 0 Å². The van der Waals surface area contributed by atoms with Crippen molar-refractivity contribution >= 4 is 5.91 Å². The first-order chi connectivity index (χ1) is 12.8. The Morgan fingerprint density at radius 2 is 2.15 bits per heavy atom. The number of nitrogens with one attached hydrogen (secondary N) is 2.